The van der Waals surface area contributed by atoms with Gasteiger partial charge in [-0.3, -0.25) is 4.79 Å². The fraction of sp³-hybridized carbons (Fsp3) is 0.458. The normalized spacial score (nSPS) is 16.8. The molecule has 0 spiro atoms. The minimum absolute atomic E-state index is 0.0962. The van der Waals surface area contributed by atoms with E-state index in [0.29, 0.717) is 29.3 Å². The largest absolute Gasteiger partial charge is 0.497 e. The highest BCUT2D eigenvalue weighted by molar-refractivity contribution is 6.09. The molecular formula is C24H29N5O3. The number of aryl methyl sites for hydroxylation is 1. The highest BCUT2D eigenvalue weighted by Gasteiger charge is 2.26. The molecule has 2 aliphatic rings. The molecule has 3 heterocycles. The Morgan fingerprint density at radius 2 is 2.00 bits per heavy atom. The summed E-state index contributed by atoms with van der Waals surface area (Å²) in [4.78, 5) is 25.6. The summed E-state index contributed by atoms with van der Waals surface area (Å²) in [5.74, 6) is 2.01. The molecule has 1 aromatic carbocycles. The van der Waals surface area contributed by atoms with Crippen molar-refractivity contribution in [2.24, 2.45) is 5.92 Å². The molecule has 1 saturated carbocycles. The van der Waals surface area contributed by atoms with E-state index in [4.69, 9.17) is 9.47 Å². The van der Waals surface area contributed by atoms with Crippen molar-refractivity contribution in [2.75, 3.05) is 26.8 Å². The zero-order chi connectivity index (χ0) is 22.1. The van der Waals surface area contributed by atoms with Crippen LogP contribution in [0.25, 0.3) is 22.3 Å². The van der Waals surface area contributed by atoms with E-state index in [1.165, 1.54) is 19.2 Å². The average Bonchev–Trinajstić information content (AvgIpc) is 3.58. The second-order valence-electron chi connectivity index (χ2n) is 8.69. The van der Waals surface area contributed by atoms with Crippen LogP contribution >= 0.6 is 0 Å². The van der Waals surface area contributed by atoms with E-state index in [2.05, 4.69) is 25.6 Å². The Balaban J connectivity index is 1.53. The lowest BCUT2D eigenvalue weighted by Crippen LogP contribution is -2.42. The van der Waals surface area contributed by atoms with Crippen molar-refractivity contribution in [3.63, 3.8) is 0 Å². The van der Waals surface area contributed by atoms with Crippen LogP contribution in [0.4, 0.5) is 0 Å². The number of amides is 1. The first-order valence-corrected chi connectivity index (χ1v) is 11.3. The van der Waals surface area contributed by atoms with Crippen LogP contribution in [0.3, 0.4) is 0 Å². The van der Waals surface area contributed by atoms with E-state index >= 15 is 0 Å². The minimum Gasteiger partial charge on any atom is -0.497 e. The molecule has 5 rings (SSSR count). The predicted octanol–water partition coefficient (Wildman–Crippen LogP) is 3.21. The van der Waals surface area contributed by atoms with Crippen LogP contribution < -0.4 is 20.1 Å². The molecular weight excluding hydrogens is 406 g/mol. The molecule has 8 nitrogen and oxygen atoms in total. The van der Waals surface area contributed by atoms with Crippen LogP contribution in [0.15, 0.2) is 24.5 Å². The molecule has 3 N–H and O–H groups in total. The molecule has 1 amide bonds. The van der Waals surface area contributed by atoms with Crippen molar-refractivity contribution in [2.45, 2.75) is 38.6 Å². The number of aromatic amines is 1. The molecule has 168 valence electrons. The fourth-order valence-corrected chi connectivity index (χ4v) is 4.27. The number of rotatable bonds is 7. The predicted molar refractivity (Wildman–Crippen MR) is 122 cm³/mol. The molecule has 32 heavy (non-hydrogen) atoms. The van der Waals surface area contributed by atoms with E-state index in [0.717, 1.165) is 54.2 Å². The van der Waals surface area contributed by atoms with E-state index in [9.17, 15) is 4.79 Å². The second kappa shape index (κ2) is 8.78. The molecule has 2 aromatic heterocycles. The van der Waals surface area contributed by atoms with Gasteiger partial charge in [0.15, 0.2) is 0 Å². The summed E-state index contributed by atoms with van der Waals surface area (Å²) in [5.41, 5.74) is 4.22. The smallest absolute Gasteiger partial charge is 0.255 e. The van der Waals surface area contributed by atoms with Crippen molar-refractivity contribution < 1.29 is 14.3 Å². The van der Waals surface area contributed by atoms with Crippen molar-refractivity contribution >= 4 is 16.9 Å². The SMILES string of the molecule is COc1ccc(OCC2CC2)c(-c2ncnc3c(C(=O)NC4CCNCC4)c(C)[nH]c23)c1. The number of aromatic nitrogens is 3. The minimum atomic E-state index is -0.0962. The summed E-state index contributed by atoms with van der Waals surface area (Å²) in [6, 6.07) is 5.91. The molecule has 1 aliphatic heterocycles. The molecule has 1 saturated heterocycles. The zero-order valence-electron chi connectivity index (χ0n) is 18.5. The Morgan fingerprint density at radius 3 is 2.75 bits per heavy atom. The lowest BCUT2D eigenvalue weighted by Gasteiger charge is -2.23. The Hall–Kier alpha value is -3.13. The van der Waals surface area contributed by atoms with Crippen molar-refractivity contribution in [3.8, 4) is 22.8 Å². The second-order valence-corrected chi connectivity index (χ2v) is 8.69. The van der Waals surface area contributed by atoms with Gasteiger partial charge in [-0.25, -0.2) is 9.97 Å². The van der Waals surface area contributed by atoms with Gasteiger partial charge in [-0.2, -0.15) is 0 Å². The van der Waals surface area contributed by atoms with Crippen LogP contribution in [-0.4, -0.2) is 53.7 Å². The quantitative estimate of drug-likeness (QED) is 0.527. The van der Waals surface area contributed by atoms with Gasteiger partial charge in [-0.1, -0.05) is 0 Å². The van der Waals surface area contributed by atoms with Crippen molar-refractivity contribution in [1.82, 2.24) is 25.6 Å². The first-order valence-electron chi connectivity index (χ1n) is 11.3. The third-order valence-corrected chi connectivity index (χ3v) is 6.29. The number of carbonyl (C=O) groups excluding carboxylic acids is 1. The standard InChI is InChI=1S/C24H29N5O3/c1-14-20(24(30)29-16-7-9-25-10-8-16)22-23(28-14)21(26-13-27-22)18-11-17(31-2)5-6-19(18)32-12-15-3-4-15/h5-6,11,13,15-16,25,28H,3-4,7-10,12H2,1-2H3,(H,29,30). The number of hydrogen-bond acceptors (Lipinski definition) is 6. The van der Waals surface area contributed by atoms with E-state index in [-0.39, 0.29) is 11.9 Å². The Bertz CT molecular complexity index is 1130. The summed E-state index contributed by atoms with van der Waals surface area (Å²) >= 11 is 0. The van der Waals surface area contributed by atoms with Crippen LogP contribution in [0.1, 0.15) is 41.7 Å². The Morgan fingerprint density at radius 1 is 1.19 bits per heavy atom. The first-order chi connectivity index (χ1) is 15.6. The third-order valence-electron chi connectivity index (χ3n) is 6.29. The monoisotopic (exact) mass is 435 g/mol. The van der Waals surface area contributed by atoms with Gasteiger partial charge in [-0.15, -0.1) is 0 Å². The maximum absolute atomic E-state index is 13.2. The van der Waals surface area contributed by atoms with Crippen LogP contribution in [0, 0.1) is 12.8 Å². The lowest BCUT2D eigenvalue weighted by molar-refractivity contribution is 0.0930. The Kier molecular flexibility index (Phi) is 5.70. The van der Waals surface area contributed by atoms with Crippen LogP contribution in [0.2, 0.25) is 0 Å². The number of H-pyrrole nitrogens is 1. The summed E-state index contributed by atoms with van der Waals surface area (Å²) in [6.07, 6.45) is 5.80. The van der Waals surface area contributed by atoms with E-state index < -0.39 is 0 Å². The van der Waals surface area contributed by atoms with Gasteiger partial charge in [0.2, 0.25) is 0 Å². The highest BCUT2D eigenvalue weighted by Crippen LogP contribution is 2.38. The average molecular weight is 436 g/mol. The van der Waals surface area contributed by atoms with Gasteiger partial charge in [-0.05, 0) is 69.8 Å². The van der Waals surface area contributed by atoms with Crippen molar-refractivity contribution in [1.29, 1.82) is 0 Å². The number of methoxy groups -OCH3 is 1. The van der Waals surface area contributed by atoms with E-state index in [1.807, 2.05) is 25.1 Å². The summed E-state index contributed by atoms with van der Waals surface area (Å²) in [6.45, 7) is 4.44. The molecule has 0 unspecified atom stereocenters. The molecule has 0 bridgehead atoms. The number of ether oxygens (including phenoxy) is 2. The highest BCUT2D eigenvalue weighted by atomic mass is 16.5. The maximum atomic E-state index is 13.2. The number of hydrogen-bond donors (Lipinski definition) is 3. The number of nitrogens with one attached hydrogen (secondary N) is 3. The number of carbonyl (C=O) groups is 1. The number of benzene rings is 1. The summed E-state index contributed by atoms with van der Waals surface area (Å²) in [7, 11) is 1.64. The summed E-state index contributed by atoms with van der Waals surface area (Å²) < 4.78 is 11.6. The molecule has 0 atom stereocenters. The van der Waals surface area contributed by atoms with Crippen molar-refractivity contribution in [3.05, 3.63) is 35.8 Å². The van der Waals surface area contributed by atoms with Gasteiger partial charge in [0.25, 0.3) is 5.91 Å². The molecule has 0 radical (unpaired) electrons. The zero-order valence-corrected chi connectivity index (χ0v) is 18.5. The van der Waals surface area contributed by atoms with Gasteiger partial charge >= 0.3 is 0 Å². The topological polar surface area (TPSA) is 101 Å². The number of fused-ring (bicyclic) bond motifs is 1. The number of nitrogens with zero attached hydrogens (tertiary/aromatic N) is 2. The Labute approximate surface area is 187 Å². The molecule has 3 aromatic rings. The molecule has 1 aliphatic carbocycles. The van der Waals surface area contributed by atoms with Gasteiger partial charge in [0.1, 0.15) is 29.0 Å². The number of piperidine rings is 1. The van der Waals surface area contributed by atoms with E-state index in [1.54, 1.807) is 7.11 Å². The van der Waals surface area contributed by atoms with Gasteiger partial charge < -0.3 is 25.1 Å². The third kappa shape index (κ3) is 4.14. The van der Waals surface area contributed by atoms with Crippen LogP contribution in [-0.2, 0) is 0 Å². The maximum Gasteiger partial charge on any atom is 0.255 e. The fourth-order valence-electron chi connectivity index (χ4n) is 4.27. The van der Waals surface area contributed by atoms with Gasteiger partial charge in [0, 0.05) is 17.3 Å². The summed E-state index contributed by atoms with van der Waals surface area (Å²) in [5, 5.41) is 6.50. The van der Waals surface area contributed by atoms with Crippen LogP contribution in [0.5, 0.6) is 11.5 Å². The first kappa shape index (κ1) is 20.8. The molecule has 8 heteroatoms. The lowest BCUT2D eigenvalue weighted by atomic mass is 10.1. The molecule has 2 fully saturated rings. The van der Waals surface area contributed by atoms with Gasteiger partial charge in [0.05, 0.1) is 24.8 Å².